The Kier molecular flexibility index (Phi) is 5.48. The molecule has 1 N–H and O–H groups in total. The molecule has 1 saturated heterocycles. The number of halogens is 3. The van der Waals surface area contributed by atoms with Crippen LogP contribution in [0.25, 0.3) is 0 Å². The zero-order valence-corrected chi connectivity index (χ0v) is 14.6. The second-order valence-electron chi connectivity index (χ2n) is 6.47. The topological polar surface area (TPSA) is 49.4 Å². The monoisotopic (exact) mass is 376 g/mol. The van der Waals surface area contributed by atoms with Gasteiger partial charge in [0.05, 0.1) is 12.0 Å². The van der Waals surface area contributed by atoms with Crippen molar-refractivity contribution in [2.24, 2.45) is 0 Å². The van der Waals surface area contributed by atoms with Crippen molar-refractivity contribution in [3.63, 3.8) is 0 Å². The van der Waals surface area contributed by atoms with Gasteiger partial charge in [0, 0.05) is 25.2 Å². The number of nitrogens with one attached hydrogen (secondary N) is 1. The molecule has 0 radical (unpaired) electrons. The third-order valence-electron chi connectivity index (χ3n) is 4.43. The molecule has 27 heavy (non-hydrogen) atoms. The zero-order chi connectivity index (χ0) is 19.4. The summed E-state index contributed by atoms with van der Waals surface area (Å²) in [6, 6.07) is 12.1. The van der Waals surface area contributed by atoms with Gasteiger partial charge in [0.15, 0.2) is 0 Å². The molecule has 1 fully saturated rings. The predicted molar refractivity (Wildman–Crippen MR) is 95.0 cm³/mol. The summed E-state index contributed by atoms with van der Waals surface area (Å²) >= 11 is 0. The minimum absolute atomic E-state index is 0.0309. The van der Waals surface area contributed by atoms with Crippen LogP contribution in [-0.4, -0.2) is 18.4 Å². The Labute approximate surface area is 155 Å². The molecule has 0 saturated carbocycles. The van der Waals surface area contributed by atoms with Crippen molar-refractivity contribution in [1.29, 1.82) is 0 Å². The van der Waals surface area contributed by atoms with Gasteiger partial charge in [0.25, 0.3) is 0 Å². The largest absolute Gasteiger partial charge is 0.416 e. The van der Waals surface area contributed by atoms with E-state index >= 15 is 0 Å². The van der Waals surface area contributed by atoms with Gasteiger partial charge in [-0.15, -0.1) is 0 Å². The summed E-state index contributed by atoms with van der Waals surface area (Å²) in [6.07, 6.45) is -2.89. The highest BCUT2D eigenvalue weighted by Crippen LogP contribution is 2.29. The highest BCUT2D eigenvalue weighted by atomic mass is 19.4. The first-order chi connectivity index (χ1) is 12.8. The van der Waals surface area contributed by atoms with Gasteiger partial charge in [-0.05, 0) is 41.8 Å². The van der Waals surface area contributed by atoms with Crippen molar-refractivity contribution in [2.45, 2.75) is 32.0 Å². The van der Waals surface area contributed by atoms with Crippen LogP contribution in [0.4, 0.5) is 18.9 Å². The van der Waals surface area contributed by atoms with Crippen molar-refractivity contribution >= 4 is 17.5 Å². The number of carbonyl (C=O) groups excluding carboxylic acids is 2. The van der Waals surface area contributed by atoms with E-state index in [4.69, 9.17) is 0 Å². The minimum atomic E-state index is -4.40. The fourth-order valence-electron chi connectivity index (χ4n) is 3.02. The van der Waals surface area contributed by atoms with Crippen LogP contribution < -0.4 is 10.2 Å². The van der Waals surface area contributed by atoms with E-state index in [9.17, 15) is 22.8 Å². The van der Waals surface area contributed by atoms with Crippen LogP contribution in [0.15, 0.2) is 48.5 Å². The molecule has 3 rings (SSSR count). The highest BCUT2D eigenvalue weighted by Gasteiger charge is 2.30. The Morgan fingerprint density at radius 3 is 2.44 bits per heavy atom. The van der Waals surface area contributed by atoms with Gasteiger partial charge in [-0.2, -0.15) is 13.2 Å². The number of rotatable bonds is 5. The summed E-state index contributed by atoms with van der Waals surface area (Å²) in [5, 5.41) is 2.63. The van der Waals surface area contributed by atoms with Crippen LogP contribution in [0.5, 0.6) is 0 Å². The standard InChI is InChI=1S/C20H19F3N2O2/c21-20(22,23)16-4-1-3-15(11-16)13-24-18(26)12-14-6-8-17(9-7-14)25-10-2-5-19(25)27/h1,3-4,6-9,11H,2,5,10,12-13H2,(H,24,26). The summed E-state index contributed by atoms with van der Waals surface area (Å²) in [7, 11) is 0. The Morgan fingerprint density at radius 1 is 1.07 bits per heavy atom. The van der Waals surface area contributed by atoms with Gasteiger partial charge >= 0.3 is 6.18 Å². The smallest absolute Gasteiger partial charge is 0.352 e. The predicted octanol–water partition coefficient (Wildman–Crippen LogP) is 3.69. The van der Waals surface area contributed by atoms with Gasteiger partial charge in [-0.25, -0.2) is 0 Å². The number of carbonyl (C=O) groups is 2. The molecule has 2 aromatic rings. The molecule has 1 heterocycles. The van der Waals surface area contributed by atoms with Gasteiger partial charge < -0.3 is 10.2 Å². The molecule has 0 unspecified atom stereocenters. The first-order valence-electron chi connectivity index (χ1n) is 8.65. The lowest BCUT2D eigenvalue weighted by Gasteiger charge is -2.16. The fraction of sp³-hybridized carbons (Fsp3) is 0.300. The van der Waals surface area contributed by atoms with E-state index in [-0.39, 0.29) is 24.8 Å². The molecule has 7 heteroatoms. The molecule has 0 aliphatic carbocycles. The Hall–Kier alpha value is -2.83. The van der Waals surface area contributed by atoms with E-state index in [1.807, 2.05) is 0 Å². The summed E-state index contributed by atoms with van der Waals surface area (Å²) in [5.74, 6) is -0.181. The number of amides is 2. The number of benzene rings is 2. The average molecular weight is 376 g/mol. The quantitative estimate of drug-likeness (QED) is 0.865. The van der Waals surface area contributed by atoms with Crippen LogP contribution in [0.3, 0.4) is 0 Å². The van der Waals surface area contributed by atoms with Crippen LogP contribution in [0.2, 0.25) is 0 Å². The fourth-order valence-corrected chi connectivity index (χ4v) is 3.02. The van der Waals surface area contributed by atoms with Crippen molar-refractivity contribution in [2.75, 3.05) is 11.4 Å². The molecular formula is C20H19F3N2O2. The van der Waals surface area contributed by atoms with Crippen molar-refractivity contribution in [3.05, 3.63) is 65.2 Å². The highest BCUT2D eigenvalue weighted by molar-refractivity contribution is 5.95. The van der Waals surface area contributed by atoms with E-state index in [0.29, 0.717) is 18.5 Å². The lowest BCUT2D eigenvalue weighted by atomic mass is 10.1. The van der Waals surface area contributed by atoms with Crippen LogP contribution >= 0.6 is 0 Å². The van der Waals surface area contributed by atoms with E-state index in [0.717, 1.165) is 29.8 Å². The van der Waals surface area contributed by atoms with Gasteiger partial charge in [0.2, 0.25) is 11.8 Å². The Bertz CT molecular complexity index is 832. The third-order valence-corrected chi connectivity index (χ3v) is 4.43. The van der Waals surface area contributed by atoms with Crippen molar-refractivity contribution in [1.82, 2.24) is 5.32 Å². The van der Waals surface area contributed by atoms with E-state index < -0.39 is 11.7 Å². The van der Waals surface area contributed by atoms with Crippen LogP contribution in [0, 0.1) is 0 Å². The van der Waals surface area contributed by atoms with Gasteiger partial charge in [-0.1, -0.05) is 24.3 Å². The molecule has 0 atom stereocenters. The van der Waals surface area contributed by atoms with Crippen LogP contribution in [-0.2, 0) is 28.7 Å². The average Bonchev–Trinajstić information content (AvgIpc) is 3.06. The van der Waals surface area contributed by atoms with Gasteiger partial charge in [0.1, 0.15) is 0 Å². The Morgan fingerprint density at radius 2 is 1.81 bits per heavy atom. The number of nitrogens with zero attached hydrogens (tertiary/aromatic N) is 1. The van der Waals surface area contributed by atoms with Gasteiger partial charge in [-0.3, -0.25) is 9.59 Å². The summed E-state index contributed by atoms with van der Waals surface area (Å²) in [4.78, 5) is 25.5. The van der Waals surface area contributed by atoms with E-state index in [2.05, 4.69) is 5.32 Å². The van der Waals surface area contributed by atoms with E-state index in [1.165, 1.54) is 12.1 Å². The minimum Gasteiger partial charge on any atom is -0.352 e. The second kappa shape index (κ2) is 7.82. The number of hydrogen-bond donors (Lipinski definition) is 1. The molecule has 0 spiro atoms. The number of anilines is 1. The molecule has 2 amide bonds. The molecule has 0 aromatic heterocycles. The van der Waals surface area contributed by atoms with E-state index in [1.54, 1.807) is 29.2 Å². The van der Waals surface area contributed by atoms with Crippen molar-refractivity contribution in [3.8, 4) is 0 Å². The summed E-state index contributed by atoms with van der Waals surface area (Å²) in [6.45, 7) is 0.735. The molecule has 2 aromatic carbocycles. The molecule has 1 aliphatic rings. The maximum absolute atomic E-state index is 12.7. The zero-order valence-electron chi connectivity index (χ0n) is 14.6. The molecule has 142 valence electrons. The SMILES string of the molecule is O=C(Cc1ccc(N2CCCC2=O)cc1)NCc1cccc(C(F)(F)F)c1. The first-order valence-corrected chi connectivity index (χ1v) is 8.65. The summed E-state index contributed by atoms with van der Waals surface area (Å²) < 4.78 is 38.1. The molecule has 4 nitrogen and oxygen atoms in total. The maximum atomic E-state index is 12.7. The molecule has 0 bridgehead atoms. The summed E-state index contributed by atoms with van der Waals surface area (Å²) in [5.41, 5.74) is 1.24. The number of hydrogen-bond acceptors (Lipinski definition) is 2. The lowest BCUT2D eigenvalue weighted by molar-refractivity contribution is -0.137. The molecular weight excluding hydrogens is 357 g/mol. The second-order valence-corrected chi connectivity index (χ2v) is 6.47. The van der Waals surface area contributed by atoms with Crippen LogP contribution in [0.1, 0.15) is 29.5 Å². The van der Waals surface area contributed by atoms with Crippen molar-refractivity contribution < 1.29 is 22.8 Å². The normalized spacial score (nSPS) is 14.5. The third kappa shape index (κ3) is 4.87. The lowest BCUT2D eigenvalue weighted by Crippen LogP contribution is -2.25. The molecule has 1 aliphatic heterocycles. The number of alkyl halides is 3. The maximum Gasteiger partial charge on any atom is 0.416 e. The Balaban J connectivity index is 1.54. The first kappa shape index (κ1) is 18.9.